The number of nitrogens with two attached hydrogens (primary N) is 1. The van der Waals surface area contributed by atoms with Crippen molar-refractivity contribution in [3.05, 3.63) is 58.7 Å². The molecule has 0 radical (unpaired) electrons. The Balaban J connectivity index is 0.000000710. The highest BCUT2D eigenvalue weighted by molar-refractivity contribution is 8.76. The fraction of sp³-hybridized carbons (Fsp3) is 0.723. The van der Waals surface area contributed by atoms with Gasteiger partial charge in [0.1, 0.15) is 24.7 Å². The SMILES string of the molecule is CSSC(C)(C)CCC(=O)NCCOCCOCCOCCOCCOCCOc1cc(CO)cc(CO)c1.NCCOCCOCCOCCOCCOCCOc1cc(CO)cc(CO)c1. The second-order valence-corrected chi connectivity index (χ2v) is 18.2. The summed E-state index contributed by atoms with van der Waals surface area (Å²) in [6, 6.07) is 10.4. The molecular weight excluding hydrogens is 929 g/mol. The number of hydrogen-bond donors (Lipinski definition) is 6. The summed E-state index contributed by atoms with van der Waals surface area (Å²) >= 11 is 0. The van der Waals surface area contributed by atoms with Gasteiger partial charge in [0.25, 0.3) is 0 Å². The Hall–Kier alpha value is -2.39. The molecule has 21 heteroatoms. The molecule has 2 aromatic rings. The summed E-state index contributed by atoms with van der Waals surface area (Å²) < 4.78 is 65.4. The maximum absolute atomic E-state index is 11.9. The minimum absolute atomic E-state index is 0.0590. The number of aliphatic hydroxyl groups excluding tert-OH is 4. The standard InChI is InChI=1S/C27H47NO9S2.C20H35NO8/c1-27(2,39-38-3)5-4-26(31)28-6-7-32-8-9-33-10-11-34-12-13-35-14-15-36-16-17-37-25-19-23(21-29)18-24(20-25)22-30;21-1-2-24-3-4-25-5-6-26-7-8-27-9-10-28-11-12-29-20-14-18(16-22)13-19(15-20)17-23/h18-20,29-30H,4-17,21-22H2,1-3H3,(H,28,31);13-15,22-23H,1-12,16-17,21H2. The van der Waals surface area contributed by atoms with Gasteiger partial charge in [-0.15, -0.1) is 0 Å². The lowest BCUT2D eigenvalue weighted by atomic mass is 10.1. The third-order valence-electron chi connectivity index (χ3n) is 8.85. The van der Waals surface area contributed by atoms with Gasteiger partial charge in [0.05, 0.1) is 159 Å². The van der Waals surface area contributed by atoms with Gasteiger partial charge in [-0.25, -0.2) is 0 Å². The monoisotopic (exact) mass is 1010 g/mol. The molecule has 0 spiro atoms. The average molecular weight is 1010 g/mol. The molecule has 0 aliphatic heterocycles. The van der Waals surface area contributed by atoms with Crippen LogP contribution in [0.25, 0.3) is 0 Å². The van der Waals surface area contributed by atoms with Gasteiger partial charge in [-0.2, -0.15) is 0 Å². The molecule has 0 aliphatic rings. The number of ether oxygens (including phenoxy) is 12. The molecule has 0 aliphatic carbocycles. The first-order valence-electron chi connectivity index (χ1n) is 23.1. The van der Waals surface area contributed by atoms with E-state index in [1.54, 1.807) is 58.0 Å². The molecule has 0 atom stereocenters. The van der Waals surface area contributed by atoms with E-state index in [4.69, 9.17) is 62.6 Å². The molecule has 0 unspecified atom stereocenters. The van der Waals surface area contributed by atoms with Crippen LogP contribution in [0.5, 0.6) is 11.5 Å². The van der Waals surface area contributed by atoms with Crippen LogP contribution in [0.3, 0.4) is 0 Å². The number of carbonyl (C=O) groups is 1. The smallest absolute Gasteiger partial charge is 0.220 e. The summed E-state index contributed by atoms with van der Waals surface area (Å²) in [6.07, 6.45) is 3.42. The summed E-state index contributed by atoms with van der Waals surface area (Å²) in [5, 5.41) is 39.8. The summed E-state index contributed by atoms with van der Waals surface area (Å²) in [6.45, 7) is 15.3. The average Bonchev–Trinajstić information content (AvgIpc) is 3.34. The van der Waals surface area contributed by atoms with Crippen molar-refractivity contribution in [3.63, 3.8) is 0 Å². The van der Waals surface area contributed by atoms with Crippen molar-refractivity contribution in [1.29, 1.82) is 0 Å². The van der Waals surface area contributed by atoms with Gasteiger partial charge < -0.3 is 88.3 Å². The molecular formula is C47H82N2O17S2. The minimum atomic E-state index is -0.107. The molecule has 7 N–H and O–H groups in total. The van der Waals surface area contributed by atoms with Crippen LogP contribution in [-0.4, -0.2) is 196 Å². The summed E-state index contributed by atoms with van der Waals surface area (Å²) in [7, 11) is 3.52. The topological polar surface area (TPSA) is 247 Å². The largest absolute Gasteiger partial charge is 0.491 e. The quantitative estimate of drug-likeness (QED) is 0.0412. The van der Waals surface area contributed by atoms with Gasteiger partial charge in [-0.3, -0.25) is 4.79 Å². The third-order valence-corrected chi connectivity index (χ3v) is 11.5. The Bertz CT molecular complexity index is 1430. The number of carbonyl (C=O) groups excluding carboxylic acids is 1. The van der Waals surface area contributed by atoms with E-state index in [1.807, 2.05) is 0 Å². The van der Waals surface area contributed by atoms with E-state index >= 15 is 0 Å². The lowest BCUT2D eigenvalue weighted by Crippen LogP contribution is -2.29. The van der Waals surface area contributed by atoms with E-state index in [0.29, 0.717) is 199 Å². The van der Waals surface area contributed by atoms with Crippen LogP contribution < -0.4 is 20.5 Å². The maximum atomic E-state index is 11.9. The summed E-state index contributed by atoms with van der Waals surface area (Å²) in [5.41, 5.74) is 8.09. The van der Waals surface area contributed by atoms with Gasteiger partial charge in [-0.05, 0) is 73.0 Å². The highest BCUT2D eigenvalue weighted by Gasteiger charge is 2.19. The number of aliphatic hydroxyl groups is 4. The van der Waals surface area contributed by atoms with Crippen molar-refractivity contribution < 1.29 is 82.1 Å². The first-order valence-corrected chi connectivity index (χ1v) is 25.7. The van der Waals surface area contributed by atoms with Crippen molar-refractivity contribution in [1.82, 2.24) is 5.32 Å². The number of amides is 1. The number of nitrogens with one attached hydrogen (secondary N) is 1. The Kier molecular flexibility index (Phi) is 42.8. The van der Waals surface area contributed by atoms with Gasteiger partial charge in [0, 0.05) is 24.3 Å². The van der Waals surface area contributed by atoms with Crippen molar-refractivity contribution in [2.24, 2.45) is 5.73 Å². The van der Waals surface area contributed by atoms with E-state index in [9.17, 15) is 25.2 Å². The Morgan fingerprint density at radius 1 is 0.485 bits per heavy atom. The zero-order valence-corrected chi connectivity index (χ0v) is 42.3. The molecule has 68 heavy (non-hydrogen) atoms. The van der Waals surface area contributed by atoms with Crippen LogP contribution in [0.1, 0.15) is 48.9 Å². The molecule has 0 saturated carbocycles. The second kappa shape index (κ2) is 45.7. The highest BCUT2D eigenvalue weighted by Crippen LogP contribution is 2.36. The fourth-order valence-corrected chi connectivity index (χ4v) is 7.75. The van der Waals surface area contributed by atoms with Crippen molar-refractivity contribution in [2.75, 3.05) is 165 Å². The van der Waals surface area contributed by atoms with Crippen LogP contribution in [0.4, 0.5) is 0 Å². The molecule has 0 fully saturated rings. The molecule has 2 aromatic carbocycles. The third kappa shape index (κ3) is 38.4. The van der Waals surface area contributed by atoms with Crippen LogP contribution >= 0.6 is 21.6 Å². The predicted molar refractivity (Wildman–Crippen MR) is 262 cm³/mol. The number of hydrogen-bond acceptors (Lipinski definition) is 20. The highest BCUT2D eigenvalue weighted by atomic mass is 33.1. The molecule has 19 nitrogen and oxygen atoms in total. The fourth-order valence-electron chi connectivity index (χ4n) is 5.51. The van der Waals surface area contributed by atoms with E-state index in [0.717, 1.165) is 6.42 Å². The van der Waals surface area contributed by atoms with Crippen LogP contribution in [0.15, 0.2) is 36.4 Å². The summed E-state index contributed by atoms with van der Waals surface area (Å²) in [4.78, 5) is 11.9. The van der Waals surface area contributed by atoms with E-state index in [1.165, 1.54) is 0 Å². The maximum Gasteiger partial charge on any atom is 0.220 e. The number of benzene rings is 2. The van der Waals surface area contributed by atoms with Crippen LogP contribution in [0, 0.1) is 0 Å². The lowest BCUT2D eigenvalue weighted by molar-refractivity contribution is -0.121. The Morgan fingerprint density at radius 2 is 0.779 bits per heavy atom. The molecule has 1 amide bonds. The zero-order valence-electron chi connectivity index (χ0n) is 40.7. The Morgan fingerprint density at radius 3 is 1.07 bits per heavy atom. The van der Waals surface area contributed by atoms with Crippen LogP contribution in [0.2, 0.25) is 0 Å². The molecule has 2 rings (SSSR count). The molecule has 0 saturated heterocycles. The van der Waals surface area contributed by atoms with Gasteiger partial charge >= 0.3 is 0 Å². The predicted octanol–water partition coefficient (Wildman–Crippen LogP) is 2.91. The molecule has 394 valence electrons. The first kappa shape index (κ1) is 63.6. The normalized spacial score (nSPS) is 11.4. The number of rotatable bonds is 46. The minimum Gasteiger partial charge on any atom is -0.491 e. The van der Waals surface area contributed by atoms with Gasteiger partial charge in [0.15, 0.2) is 0 Å². The zero-order chi connectivity index (χ0) is 49.6. The van der Waals surface area contributed by atoms with Crippen LogP contribution in [-0.2, 0) is 78.6 Å². The first-order chi connectivity index (χ1) is 33.2. The van der Waals surface area contributed by atoms with Crippen molar-refractivity contribution >= 4 is 27.5 Å². The van der Waals surface area contributed by atoms with Gasteiger partial charge in [-0.1, -0.05) is 33.7 Å². The second-order valence-electron chi connectivity index (χ2n) is 15.1. The molecule has 0 aromatic heterocycles. The van der Waals surface area contributed by atoms with E-state index in [-0.39, 0.29) is 37.1 Å². The van der Waals surface area contributed by atoms with E-state index < -0.39 is 0 Å². The lowest BCUT2D eigenvalue weighted by Gasteiger charge is -2.21. The van der Waals surface area contributed by atoms with Crippen molar-refractivity contribution in [2.45, 2.75) is 57.9 Å². The van der Waals surface area contributed by atoms with Gasteiger partial charge in [0.2, 0.25) is 5.91 Å². The molecule has 0 heterocycles. The Labute approximate surface area is 412 Å². The molecule has 0 bridgehead atoms. The summed E-state index contributed by atoms with van der Waals surface area (Å²) in [5.74, 6) is 1.25. The van der Waals surface area contributed by atoms with Crippen molar-refractivity contribution in [3.8, 4) is 11.5 Å². The van der Waals surface area contributed by atoms with E-state index in [2.05, 4.69) is 25.4 Å².